The maximum atomic E-state index is 11.8. The zero-order chi connectivity index (χ0) is 18.1. The van der Waals surface area contributed by atoms with Crippen LogP contribution in [0, 0.1) is 10.1 Å². The summed E-state index contributed by atoms with van der Waals surface area (Å²) in [4.78, 5) is 22.3. The van der Waals surface area contributed by atoms with Crippen LogP contribution in [0.1, 0.15) is 19.3 Å². The Morgan fingerprint density at radius 1 is 1.48 bits per heavy atom. The fraction of sp³-hybridized carbons (Fsp3) is 0.562. The molecule has 2 rings (SSSR count). The quantitative estimate of drug-likeness (QED) is 0.400. The van der Waals surface area contributed by atoms with E-state index < -0.39 is 11.0 Å². The van der Waals surface area contributed by atoms with Gasteiger partial charge < -0.3 is 24.8 Å². The molecule has 0 radical (unpaired) electrons. The SMILES string of the molecule is COc1ccc(NC(=O)NCCCOCC2CCCO2)c([N+](=O)[O-])c1. The van der Waals surface area contributed by atoms with Gasteiger partial charge >= 0.3 is 6.03 Å². The Labute approximate surface area is 145 Å². The van der Waals surface area contributed by atoms with Crippen LogP contribution in [0.3, 0.4) is 0 Å². The summed E-state index contributed by atoms with van der Waals surface area (Å²) < 4.78 is 15.9. The van der Waals surface area contributed by atoms with Crippen LogP contribution in [0.5, 0.6) is 5.75 Å². The van der Waals surface area contributed by atoms with Gasteiger partial charge in [0.05, 0.1) is 30.8 Å². The second-order valence-corrected chi connectivity index (χ2v) is 5.58. The molecule has 25 heavy (non-hydrogen) atoms. The number of nitro benzene ring substituents is 1. The number of carbonyl (C=O) groups is 1. The number of ether oxygens (including phenoxy) is 3. The third kappa shape index (κ3) is 6.20. The van der Waals surface area contributed by atoms with Gasteiger partial charge in [0.15, 0.2) is 0 Å². The number of carbonyl (C=O) groups excluding carboxylic acids is 1. The summed E-state index contributed by atoms with van der Waals surface area (Å²) in [6.45, 7) is 2.29. The Kier molecular flexibility index (Phi) is 7.42. The summed E-state index contributed by atoms with van der Waals surface area (Å²) in [5, 5.41) is 16.2. The number of nitrogens with one attached hydrogen (secondary N) is 2. The summed E-state index contributed by atoms with van der Waals surface area (Å²) >= 11 is 0. The average molecular weight is 353 g/mol. The molecule has 1 saturated heterocycles. The summed E-state index contributed by atoms with van der Waals surface area (Å²) in [6.07, 6.45) is 2.94. The molecular weight excluding hydrogens is 330 g/mol. The topological polar surface area (TPSA) is 112 Å². The van der Waals surface area contributed by atoms with Gasteiger partial charge in [0.25, 0.3) is 5.69 Å². The number of hydrogen-bond acceptors (Lipinski definition) is 6. The minimum absolute atomic E-state index is 0.109. The summed E-state index contributed by atoms with van der Waals surface area (Å²) in [5.41, 5.74) is -0.118. The van der Waals surface area contributed by atoms with E-state index in [9.17, 15) is 14.9 Å². The smallest absolute Gasteiger partial charge is 0.319 e. The van der Waals surface area contributed by atoms with Crippen LogP contribution < -0.4 is 15.4 Å². The molecule has 0 bridgehead atoms. The molecule has 1 aliphatic heterocycles. The largest absolute Gasteiger partial charge is 0.496 e. The first-order chi connectivity index (χ1) is 12.1. The van der Waals surface area contributed by atoms with Crippen LogP contribution >= 0.6 is 0 Å². The molecule has 1 aromatic rings. The Balaban J connectivity index is 1.68. The van der Waals surface area contributed by atoms with Gasteiger partial charge in [0, 0.05) is 19.8 Å². The molecule has 9 nitrogen and oxygen atoms in total. The third-order valence-electron chi connectivity index (χ3n) is 3.73. The van der Waals surface area contributed by atoms with Gasteiger partial charge in [0.2, 0.25) is 0 Å². The molecule has 1 unspecified atom stereocenters. The molecule has 138 valence electrons. The zero-order valence-corrected chi connectivity index (χ0v) is 14.2. The number of benzene rings is 1. The first-order valence-corrected chi connectivity index (χ1v) is 8.17. The lowest BCUT2D eigenvalue weighted by molar-refractivity contribution is -0.384. The monoisotopic (exact) mass is 353 g/mol. The number of rotatable bonds is 9. The van der Waals surface area contributed by atoms with Crippen molar-refractivity contribution in [2.75, 3.05) is 38.8 Å². The standard InChI is InChI=1S/C16H23N3O6/c1-23-12-5-6-14(15(10-12)19(21)22)18-16(20)17-7-3-8-24-11-13-4-2-9-25-13/h5-6,10,13H,2-4,7-9,11H2,1H3,(H2,17,18,20). The minimum Gasteiger partial charge on any atom is -0.496 e. The van der Waals surface area contributed by atoms with Crippen LogP contribution in [0.2, 0.25) is 0 Å². The first-order valence-electron chi connectivity index (χ1n) is 8.17. The maximum absolute atomic E-state index is 11.8. The van der Waals surface area contributed by atoms with Gasteiger partial charge in [-0.05, 0) is 31.4 Å². The van der Waals surface area contributed by atoms with E-state index in [1.54, 1.807) is 6.07 Å². The Morgan fingerprint density at radius 3 is 3.00 bits per heavy atom. The fourth-order valence-corrected chi connectivity index (χ4v) is 2.43. The molecule has 0 aliphatic carbocycles. The van der Waals surface area contributed by atoms with Crippen molar-refractivity contribution < 1.29 is 23.9 Å². The molecule has 9 heteroatoms. The van der Waals surface area contributed by atoms with Crippen LogP contribution in [0.25, 0.3) is 0 Å². The van der Waals surface area contributed by atoms with Gasteiger partial charge in [-0.2, -0.15) is 0 Å². The van der Waals surface area contributed by atoms with Gasteiger partial charge in [-0.25, -0.2) is 4.79 Å². The molecule has 0 saturated carbocycles. The first kappa shape index (κ1) is 18.9. The zero-order valence-electron chi connectivity index (χ0n) is 14.2. The van der Waals surface area contributed by atoms with E-state index in [-0.39, 0.29) is 17.5 Å². The van der Waals surface area contributed by atoms with E-state index in [0.717, 1.165) is 19.4 Å². The number of urea groups is 1. The highest BCUT2D eigenvalue weighted by Gasteiger charge is 2.17. The third-order valence-corrected chi connectivity index (χ3v) is 3.73. The van der Waals surface area contributed by atoms with Crippen molar-refractivity contribution in [1.29, 1.82) is 0 Å². The molecule has 1 heterocycles. The Hall–Kier alpha value is -2.39. The maximum Gasteiger partial charge on any atom is 0.319 e. The van der Waals surface area contributed by atoms with E-state index >= 15 is 0 Å². The lowest BCUT2D eigenvalue weighted by Gasteiger charge is -2.11. The number of methoxy groups -OCH3 is 1. The number of hydrogen-bond donors (Lipinski definition) is 2. The molecule has 1 fully saturated rings. The number of nitro groups is 1. The van der Waals surface area contributed by atoms with Gasteiger partial charge in [0.1, 0.15) is 11.4 Å². The van der Waals surface area contributed by atoms with E-state index in [2.05, 4.69) is 10.6 Å². The van der Waals surface area contributed by atoms with E-state index in [0.29, 0.717) is 31.9 Å². The van der Waals surface area contributed by atoms with Crippen molar-refractivity contribution in [3.8, 4) is 5.75 Å². The van der Waals surface area contributed by atoms with Crippen molar-refractivity contribution >= 4 is 17.4 Å². The highest BCUT2D eigenvalue weighted by Crippen LogP contribution is 2.28. The van der Waals surface area contributed by atoms with Crippen LogP contribution in [0.15, 0.2) is 18.2 Å². The second-order valence-electron chi connectivity index (χ2n) is 5.58. The van der Waals surface area contributed by atoms with Crippen molar-refractivity contribution in [3.63, 3.8) is 0 Å². The molecule has 0 spiro atoms. The van der Waals surface area contributed by atoms with Gasteiger partial charge in [-0.3, -0.25) is 10.1 Å². The van der Waals surface area contributed by atoms with Crippen molar-refractivity contribution in [2.45, 2.75) is 25.4 Å². The lowest BCUT2D eigenvalue weighted by Crippen LogP contribution is -2.30. The van der Waals surface area contributed by atoms with Crippen molar-refractivity contribution in [1.82, 2.24) is 5.32 Å². The van der Waals surface area contributed by atoms with Crippen molar-refractivity contribution in [2.24, 2.45) is 0 Å². The predicted octanol–water partition coefficient (Wildman–Crippen LogP) is 2.31. The average Bonchev–Trinajstić information content (AvgIpc) is 3.11. The Morgan fingerprint density at radius 2 is 2.32 bits per heavy atom. The van der Waals surface area contributed by atoms with Gasteiger partial charge in [-0.1, -0.05) is 0 Å². The summed E-state index contributed by atoms with van der Waals surface area (Å²) in [7, 11) is 1.42. The molecule has 1 atom stereocenters. The number of amides is 2. The van der Waals surface area contributed by atoms with Crippen LogP contribution in [-0.4, -0.2) is 50.5 Å². The normalized spacial score (nSPS) is 16.4. The number of nitrogens with zero attached hydrogens (tertiary/aromatic N) is 1. The molecule has 2 N–H and O–H groups in total. The molecule has 1 aliphatic rings. The lowest BCUT2D eigenvalue weighted by atomic mass is 10.2. The highest BCUT2D eigenvalue weighted by molar-refractivity contribution is 5.91. The van der Waals surface area contributed by atoms with Crippen LogP contribution in [0.4, 0.5) is 16.2 Å². The van der Waals surface area contributed by atoms with E-state index in [1.165, 1.54) is 19.2 Å². The highest BCUT2D eigenvalue weighted by atomic mass is 16.6. The van der Waals surface area contributed by atoms with Crippen molar-refractivity contribution in [3.05, 3.63) is 28.3 Å². The fourth-order valence-electron chi connectivity index (χ4n) is 2.43. The summed E-state index contributed by atoms with van der Waals surface area (Å²) in [5.74, 6) is 0.348. The van der Waals surface area contributed by atoms with Crippen LogP contribution in [-0.2, 0) is 9.47 Å². The predicted molar refractivity (Wildman–Crippen MR) is 91.1 cm³/mol. The Bertz CT molecular complexity index is 589. The molecule has 1 aromatic carbocycles. The van der Waals surface area contributed by atoms with Gasteiger partial charge in [-0.15, -0.1) is 0 Å². The molecule has 0 aromatic heterocycles. The minimum atomic E-state index is -0.572. The summed E-state index contributed by atoms with van der Waals surface area (Å²) in [6, 6.07) is 3.73. The van der Waals surface area contributed by atoms with E-state index in [4.69, 9.17) is 14.2 Å². The van der Waals surface area contributed by atoms with E-state index in [1.807, 2.05) is 0 Å². The second kappa shape index (κ2) is 9.80. The molecule has 2 amide bonds. The number of anilines is 1. The molecular formula is C16H23N3O6.